The molecule has 0 saturated carbocycles. The van der Waals surface area contributed by atoms with Crippen molar-refractivity contribution in [3.8, 4) is 0 Å². The minimum Gasteiger partial charge on any atom is -0.790 e. The smallest absolute Gasteiger partial charge is 0.248 e. The zero-order valence-corrected chi connectivity index (χ0v) is 6.19. The van der Waals surface area contributed by atoms with E-state index in [-0.39, 0.29) is 0 Å². The Morgan fingerprint density at radius 1 is 1.73 bits per heavy atom. The molecule has 3 N–H and O–H groups in total. The molecule has 11 heavy (non-hydrogen) atoms. The highest BCUT2D eigenvalue weighted by molar-refractivity contribution is 7.43. The minimum absolute atomic E-state index is 0.931. The lowest BCUT2D eigenvalue weighted by Crippen LogP contribution is -2.33. The molecule has 0 aromatic heterocycles. The number of hydrogen-bond donors (Lipinski definition) is 2. The molecule has 8 heteroatoms. The predicted molar refractivity (Wildman–Crippen MR) is 28.8 cm³/mol. The van der Waals surface area contributed by atoms with E-state index in [0.717, 1.165) is 0 Å². The number of phosphoric acid groups is 1. The molecular weight excluding hydrogens is 177 g/mol. The van der Waals surface area contributed by atoms with Crippen LogP contribution in [0.2, 0.25) is 0 Å². The average Bonchev–Trinajstić information content (AvgIpc) is 1.80. The first kappa shape index (κ1) is 10.5. The Kier molecular flexibility index (Phi) is 3.64. The molecule has 1 amide bonds. The van der Waals surface area contributed by atoms with Crippen LogP contribution in [0.15, 0.2) is 0 Å². The first-order chi connectivity index (χ1) is 4.83. The van der Waals surface area contributed by atoms with Gasteiger partial charge < -0.3 is 29.7 Å². The van der Waals surface area contributed by atoms with Crippen molar-refractivity contribution < 1.29 is 28.8 Å². The Bertz CT molecular complexity index is 186. The molecule has 0 aliphatic heterocycles. The molecule has 1 unspecified atom stereocenters. The van der Waals surface area contributed by atoms with Crippen LogP contribution in [0.4, 0.5) is 0 Å². The van der Waals surface area contributed by atoms with Gasteiger partial charge in [-0.1, -0.05) is 0 Å². The van der Waals surface area contributed by atoms with Gasteiger partial charge in [-0.25, -0.2) is 0 Å². The van der Waals surface area contributed by atoms with Gasteiger partial charge in [0.25, 0.3) is 0 Å². The van der Waals surface area contributed by atoms with Crippen LogP contribution in [0, 0.1) is 0 Å². The zero-order valence-electron chi connectivity index (χ0n) is 5.30. The van der Waals surface area contributed by atoms with Crippen molar-refractivity contribution in [2.75, 3.05) is 6.61 Å². The summed E-state index contributed by atoms with van der Waals surface area (Å²) < 4.78 is 13.3. The maximum absolute atomic E-state index is 10.0. The van der Waals surface area contributed by atoms with Gasteiger partial charge >= 0.3 is 0 Å². The number of amides is 1. The Morgan fingerprint density at radius 3 is 2.45 bits per heavy atom. The predicted octanol–water partition coefficient (Wildman–Crippen LogP) is -3.32. The number of rotatable bonds is 4. The largest absolute Gasteiger partial charge is 0.790 e. The number of carbonyl (C=O) groups is 1. The van der Waals surface area contributed by atoms with Crippen molar-refractivity contribution in [2.45, 2.75) is 6.10 Å². The van der Waals surface area contributed by atoms with E-state index < -0.39 is 26.4 Å². The summed E-state index contributed by atoms with van der Waals surface area (Å²) in [6.07, 6.45) is -1.77. The molecule has 0 aliphatic rings. The molecule has 7 nitrogen and oxygen atoms in total. The van der Waals surface area contributed by atoms with Gasteiger partial charge in [0, 0.05) is 0 Å². The van der Waals surface area contributed by atoms with Crippen molar-refractivity contribution in [3.05, 3.63) is 0 Å². The maximum atomic E-state index is 10.0. The highest BCUT2D eigenvalue weighted by Gasteiger charge is 2.10. The summed E-state index contributed by atoms with van der Waals surface area (Å²) in [5.41, 5.74) is 4.50. The number of primary amides is 1. The van der Waals surface area contributed by atoms with Crippen LogP contribution >= 0.6 is 7.82 Å². The van der Waals surface area contributed by atoms with E-state index in [2.05, 4.69) is 10.3 Å². The van der Waals surface area contributed by atoms with Crippen LogP contribution in [0.5, 0.6) is 0 Å². The van der Waals surface area contributed by atoms with E-state index in [1.54, 1.807) is 0 Å². The standard InChI is InChI=1S/C3H8NO6P/c4-3(6)2(5)1-10-11(7,8)9/h2,5H,1H2,(H2,4,6)(H2,7,8,9)/p-2. The second-order valence-electron chi connectivity index (χ2n) is 1.66. The highest BCUT2D eigenvalue weighted by atomic mass is 31.2. The van der Waals surface area contributed by atoms with Gasteiger partial charge in [0.1, 0.15) is 0 Å². The summed E-state index contributed by atoms with van der Waals surface area (Å²) in [7, 11) is -5.13. The molecule has 1 atom stereocenters. The molecule has 0 saturated heterocycles. The van der Waals surface area contributed by atoms with Gasteiger partial charge in [-0.2, -0.15) is 0 Å². The third-order valence-corrected chi connectivity index (χ3v) is 1.18. The lowest BCUT2D eigenvalue weighted by atomic mass is 10.4. The average molecular weight is 183 g/mol. The van der Waals surface area contributed by atoms with Crippen LogP contribution in [-0.4, -0.2) is 23.7 Å². The molecule has 0 bridgehead atoms. The van der Waals surface area contributed by atoms with Crippen LogP contribution in [-0.2, 0) is 13.9 Å². The van der Waals surface area contributed by atoms with Gasteiger partial charge in [0.2, 0.25) is 5.91 Å². The van der Waals surface area contributed by atoms with Gasteiger partial charge in [0.05, 0.1) is 14.4 Å². The van der Waals surface area contributed by atoms with E-state index in [1.807, 2.05) is 0 Å². The van der Waals surface area contributed by atoms with Crippen LogP contribution in [0.3, 0.4) is 0 Å². The van der Waals surface area contributed by atoms with Crippen molar-refractivity contribution >= 4 is 13.7 Å². The fraction of sp³-hybridized carbons (Fsp3) is 0.667. The van der Waals surface area contributed by atoms with Crippen LogP contribution in [0.25, 0.3) is 0 Å². The minimum atomic E-state index is -5.13. The maximum Gasteiger partial charge on any atom is 0.248 e. The van der Waals surface area contributed by atoms with Crippen molar-refractivity contribution in [1.82, 2.24) is 0 Å². The highest BCUT2D eigenvalue weighted by Crippen LogP contribution is 2.24. The Labute approximate surface area is 62.0 Å². The molecule has 0 rings (SSSR count). The third-order valence-electron chi connectivity index (χ3n) is 0.719. The SMILES string of the molecule is NC(=O)C(O)COP(=O)([O-])[O-]. The fourth-order valence-electron chi connectivity index (χ4n) is 0.244. The molecule has 0 aromatic carbocycles. The number of carbonyl (C=O) groups excluding carboxylic acids is 1. The molecule has 0 aliphatic carbocycles. The lowest BCUT2D eigenvalue weighted by molar-refractivity contribution is -0.342. The van der Waals surface area contributed by atoms with Crippen molar-refractivity contribution in [1.29, 1.82) is 0 Å². The molecule has 0 fully saturated rings. The van der Waals surface area contributed by atoms with Crippen LogP contribution < -0.4 is 15.5 Å². The quantitative estimate of drug-likeness (QED) is 0.437. The number of aliphatic hydroxyl groups excluding tert-OH is 1. The normalized spacial score (nSPS) is 14.5. The fourth-order valence-corrected chi connectivity index (χ4v) is 0.568. The third kappa shape index (κ3) is 5.96. The van der Waals surface area contributed by atoms with E-state index in [4.69, 9.17) is 5.11 Å². The van der Waals surface area contributed by atoms with Gasteiger partial charge in [-0.3, -0.25) is 4.79 Å². The van der Waals surface area contributed by atoms with E-state index >= 15 is 0 Å². The summed E-state index contributed by atoms with van der Waals surface area (Å²) in [5.74, 6) is -1.15. The van der Waals surface area contributed by atoms with Gasteiger partial charge in [0.15, 0.2) is 6.10 Å². The molecule has 0 aromatic rings. The van der Waals surface area contributed by atoms with Crippen molar-refractivity contribution in [3.63, 3.8) is 0 Å². The Hall–Kier alpha value is -0.460. The van der Waals surface area contributed by atoms with E-state index in [0.29, 0.717) is 0 Å². The summed E-state index contributed by atoms with van der Waals surface area (Å²) in [4.78, 5) is 29.5. The first-order valence-corrected chi connectivity index (χ1v) is 3.93. The lowest BCUT2D eigenvalue weighted by Gasteiger charge is -2.28. The monoisotopic (exact) mass is 183 g/mol. The summed E-state index contributed by atoms with van der Waals surface area (Å²) in [6.45, 7) is -0.931. The summed E-state index contributed by atoms with van der Waals surface area (Å²) in [6, 6.07) is 0. The second-order valence-corrected chi connectivity index (χ2v) is 2.81. The second kappa shape index (κ2) is 3.80. The van der Waals surface area contributed by atoms with Gasteiger partial charge in [-0.15, -0.1) is 0 Å². The van der Waals surface area contributed by atoms with Crippen LogP contribution in [0.1, 0.15) is 0 Å². The zero-order chi connectivity index (χ0) is 9.07. The number of phosphoric ester groups is 1. The molecular formula is C3H6NO6P-2. The Morgan fingerprint density at radius 2 is 2.18 bits per heavy atom. The molecule has 0 radical (unpaired) electrons. The topological polar surface area (TPSA) is 136 Å². The molecule has 66 valence electrons. The molecule has 0 heterocycles. The first-order valence-electron chi connectivity index (χ1n) is 2.47. The summed E-state index contributed by atoms with van der Waals surface area (Å²) >= 11 is 0. The Balaban J connectivity index is 3.72. The summed E-state index contributed by atoms with van der Waals surface area (Å²) in [5, 5.41) is 8.49. The van der Waals surface area contributed by atoms with Gasteiger partial charge in [-0.05, 0) is 0 Å². The molecule has 0 spiro atoms. The van der Waals surface area contributed by atoms with Crippen molar-refractivity contribution in [2.24, 2.45) is 5.73 Å². The van der Waals surface area contributed by atoms with E-state index in [9.17, 15) is 19.1 Å². The van der Waals surface area contributed by atoms with E-state index in [1.165, 1.54) is 0 Å². The number of hydrogen-bond acceptors (Lipinski definition) is 6. The number of nitrogens with two attached hydrogens (primary N) is 1. The number of aliphatic hydroxyl groups is 1.